The number of fused-ring (bicyclic) bond motifs is 3. The van der Waals surface area contributed by atoms with Crippen molar-refractivity contribution in [2.45, 2.75) is 38.3 Å². The van der Waals surface area contributed by atoms with Crippen LogP contribution in [0.25, 0.3) is 5.76 Å². The zero-order valence-electron chi connectivity index (χ0n) is 20.0. The zero-order valence-corrected chi connectivity index (χ0v) is 20.0. The molecular weight excluding hydrogens is 448 g/mol. The molecule has 0 unspecified atom stereocenters. The number of benzene rings is 2. The topological polar surface area (TPSA) is 96.4 Å². The Morgan fingerprint density at radius 2 is 1.97 bits per heavy atom. The second kappa shape index (κ2) is 8.53. The van der Waals surface area contributed by atoms with E-state index < -0.39 is 23.1 Å². The number of ether oxygens (including phenoxy) is 2. The highest BCUT2D eigenvalue weighted by molar-refractivity contribution is 6.50. The van der Waals surface area contributed by atoms with Crippen LogP contribution in [0.3, 0.4) is 0 Å². The Morgan fingerprint density at radius 3 is 2.71 bits per heavy atom. The quantitative estimate of drug-likeness (QED) is 0.298. The summed E-state index contributed by atoms with van der Waals surface area (Å²) in [6.45, 7) is 4.63. The number of carbonyl (C=O) groups excluding carboxylic acids is 3. The third kappa shape index (κ3) is 3.20. The number of carbonyl (C=O) groups is 3. The maximum Gasteiger partial charge on any atom is 0.296 e. The molecule has 3 heterocycles. The SMILES string of the molecule is CCN1C(=O)[C@]2(C(=C(O)c3ccc4c(c3)C[C@H](C)O4)C(=O)C(=O)N2CCCOC)c2ccccc21. The average Bonchev–Trinajstić information content (AvgIpc) is 3.42. The van der Waals surface area contributed by atoms with Crippen LogP contribution in [0.5, 0.6) is 5.75 Å². The molecule has 2 aromatic rings. The number of aliphatic hydroxyl groups is 1. The number of hydrogen-bond acceptors (Lipinski definition) is 6. The van der Waals surface area contributed by atoms with Crippen molar-refractivity contribution in [2.24, 2.45) is 0 Å². The molecule has 0 saturated carbocycles. The Bertz CT molecular complexity index is 1270. The Kier molecular flexibility index (Phi) is 5.63. The van der Waals surface area contributed by atoms with Crippen LogP contribution in [0, 0.1) is 0 Å². The number of Topliss-reactive ketones (excluding diaryl/α,β-unsaturated/α-hetero) is 1. The van der Waals surface area contributed by atoms with Crippen molar-refractivity contribution < 1.29 is 29.0 Å². The maximum atomic E-state index is 14.1. The van der Waals surface area contributed by atoms with Gasteiger partial charge in [-0.3, -0.25) is 14.4 Å². The van der Waals surface area contributed by atoms with Crippen molar-refractivity contribution in [1.29, 1.82) is 0 Å². The normalized spacial score (nSPS) is 24.3. The lowest BCUT2D eigenvalue weighted by Gasteiger charge is -2.34. The van der Waals surface area contributed by atoms with E-state index in [-0.39, 0.29) is 24.0 Å². The van der Waals surface area contributed by atoms with E-state index in [1.54, 1.807) is 48.4 Å². The molecule has 2 atom stereocenters. The van der Waals surface area contributed by atoms with Crippen molar-refractivity contribution in [2.75, 3.05) is 31.7 Å². The van der Waals surface area contributed by atoms with Gasteiger partial charge in [0.1, 0.15) is 17.6 Å². The monoisotopic (exact) mass is 476 g/mol. The molecule has 8 nitrogen and oxygen atoms in total. The van der Waals surface area contributed by atoms with Crippen LogP contribution in [-0.4, -0.2) is 60.5 Å². The fourth-order valence-electron chi connectivity index (χ4n) is 5.56. The minimum Gasteiger partial charge on any atom is -0.507 e. The fraction of sp³-hybridized carbons (Fsp3) is 0.370. The van der Waals surface area contributed by atoms with Gasteiger partial charge < -0.3 is 24.4 Å². The zero-order chi connectivity index (χ0) is 24.9. The number of methoxy groups -OCH3 is 1. The van der Waals surface area contributed by atoms with Gasteiger partial charge >= 0.3 is 0 Å². The minimum atomic E-state index is -1.73. The van der Waals surface area contributed by atoms with Gasteiger partial charge in [0.25, 0.3) is 17.6 Å². The smallest absolute Gasteiger partial charge is 0.296 e. The highest BCUT2D eigenvalue weighted by Gasteiger charge is 2.66. The first-order chi connectivity index (χ1) is 16.9. The lowest BCUT2D eigenvalue weighted by atomic mass is 9.81. The molecule has 1 saturated heterocycles. The van der Waals surface area contributed by atoms with E-state index in [0.717, 1.165) is 11.3 Å². The van der Waals surface area contributed by atoms with Crippen LogP contribution in [0.2, 0.25) is 0 Å². The minimum absolute atomic E-state index is 0.00811. The highest BCUT2D eigenvalue weighted by atomic mass is 16.5. The van der Waals surface area contributed by atoms with Gasteiger partial charge in [-0.15, -0.1) is 0 Å². The van der Waals surface area contributed by atoms with Gasteiger partial charge in [0.15, 0.2) is 5.54 Å². The van der Waals surface area contributed by atoms with Crippen LogP contribution < -0.4 is 9.64 Å². The first kappa shape index (κ1) is 23.1. The Morgan fingerprint density at radius 1 is 1.20 bits per heavy atom. The molecule has 182 valence electrons. The van der Waals surface area contributed by atoms with Gasteiger partial charge in [0.2, 0.25) is 0 Å². The number of rotatable bonds is 6. The van der Waals surface area contributed by atoms with Crippen molar-refractivity contribution in [3.63, 3.8) is 0 Å². The van der Waals surface area contributed by atoms with Crippen molar-refractivity contribution >= 4 is 29.0 Å². The molecule has 1 N–H and O–H groups in total. The van der Waals surface area contributed by atoms with Crippen molar-refractivity contribution in [1.82, 2.24) is 4.90 Å². The Labute approximate surface area is 203 Å². The van der Waals surface area contributed by atoms with Crippen LogP contribution in [0.4, 0.5) is 5.69 Å². The van der Waals surface area contributed by atoms with E-state index in [1.807, 2.05) is 19.9 Å². The predicted molar refractivity (Wildman–Crippen MR) is 129 cm³/mol. The molecule has 1 fully saturated rings. The average molecular weight is 477 g/mol. The molecular formula is C27H28N2O6. The fourth-order valence-corrected chi connectivity index (χ4v) is 5.56. The van der Waals surface area contributed by atoms with E-state index in [2.05, 4.69) is 0 Å². The number of amides is 2. The first-order valence-electron chi connectivity index (χ1n) is 11.9. The number of aliphatic hydroxyl groups excluding tert-OH is 1. The molecule has 3 aliphatic heterocycles. The van der Waals surface area contributed by atoms with E-state index in [1.165, 1.54) is 4.90 Å². The van der Waals surface area contributed by atoms with Gasteiger partial charge in [-0.2, -0.15) is 0 Å². The molecule has 2 amide bonds. The van der Waals surface area contributed by atoms with Gasteiger partial charge in [-0.05, 0) is 50.1 Å². The van der Waals surface area contributed by atoms with E-state index >= 15 is 0 Å². The molecule has 0 aromatic heterocycles. The molecule has 8 heteroatoms. The largest absolute Gasteiger partial charge is 0.507 e. The van der Waals surface area contributed by atoms with Gasteiger partial charge in [0, 0.05) is 44.4 Å². The first-order valence-corrected chi connectivity index (χ1v) is 11.9. The predicted octanol–water partition coefficient (Wildman–Crippen LogP) is 2.99. The summed E-state index contributed by atoms with van der Waals surface area (Å²) in [5, 5.41) is 11.6. The van der Waals surface area contributed by atoms with Crippen LogP contribution in [0.1, 0.15) is 37.0 Å². The summed E-state index contributed by atoms with van der Waals surface area (Å²) in [6, 6.07) is 12.3. The highest BCUT2D eigenvalue weighted by Crippen LogP contribution is 2.53. The van der Waals surface area contributed by atoms with Gasteiger partial charge in [0.05, 0.1) is 11.3 Å². The summed E-state index contributed by atoms with van der Waals surface area (Å²) in [5.41, 5.74) is 0.486. The third-order valence-corrected chi connectivity index (χ3v) is 7.03. The van der Waals surface area contributed by atoms with Crippen molar-refractivity contribution in [3.8, 4) is 5.75 Å². The lowest BCUT2D eigenvalue weighted by Crippen LogP contribution is -2.52. The summed E-state index contributed by atoms with van der Waals surface area (Å²) >= 11 is 0. The molecule has 0 aliphatic carbocycles. The molecule has 0 radical (unpaired) electrons. The van der Waals surface area contributed by atoms with E-state index in [9.17, 15) is 19.5 Å². The summed E-state index contributed by atoms with van der Waals surface area (Å²) in [7, 11) is 1.55. The van der Waals surface area contributed by atoms with Crippen LogP contribution in [0.15, 0.2) is 48.0 Å². The molecule has 0 bridgehead atoms. The number of para-hydroxylation sites is 1. The van der Waals surface area contributed by atoms with E-state index in [4.69, 9.17) is 9.47 Å². The number of hydrogen-bond donors (Lipinski definition) is 1. The Hall–Kier alpha value is -3.65. The number of likely N-dealkylation sites (N-methyl/N-ethyl adjacent to an activating group) is 1. The van der Waals surface area contributed by atoms with Crippen LogP contribution in [-0.2, 0) is 31.1 Å². The molecule has 5 rings (SSSR count). The second-order valence-corrected chi connectivity index (χ2v) is 9.09. The maximum absolute atomic E-state index is 14.1. The van der Waals surface area contributed by atoms with Crippen LogP contribution >= 0.6 is 0 Å². The Balaban J connectivity index is 1.76. The third-order valence-electron chi connectivity index (χ3n) is 7.03. The summed E-state index contributed by atoms with van der Waals surface area (Å²) in [5.74, 6) is -1.73. The summed E-state index contributed by atoms with van der Waals surface area (Å²) in [6.07, 6.45) is 1.10. The number of nitrogens with zero attached hydrogens (tertiary/aromatic N) is 2. The standard InChI is InChI=1S/C27H28N2O6/c1-4-28-20-9-6-5-8-19(20)27(26(28)33)22(24(31)25(32)29(27)12-7-13-34-3)23(30)17-10-11-21-18(15-17)14-16(2)35-21/h5-6,8-11,15-16,30H,4,7,12-14H2,1-3H3/t16-,27+/m0/s1. The van der Waals surface area contributed by atoms with Crippen molar-refractivity contribution in [3.05, 3.63) is 64.7 Å². The molecule has 2 aromatic carbocycles. The summed E-state index contributed by atoms with van der Waals surface area (Å²) in [4.78, 5) is 43.9. The molecule has 35 heavy (non-hydrogen) atoms. The number of likely N-dealkylation sites (tertiary alicyclic amines) is 1. The number of ketones is 1. The lowest BCUT2D eigenvalue weighted by molar-refractivity contribution is -0.143. The molecule has 1 spiro atoms. The second-order valence-electron chi connectivity index (χ2n) is 9.09. The van der Waals surface area contributed by atoms with E-state index in [0.29, 0.717) is 42.8 Å². The summed E-state index contributed by atoms with van der Waals surface area (Å²) < 4.78 is 10.9. The van der Waals surface area contributed by atoms with Gasteiger partial charge in [-0.25, -0.2) is 0 Å². The molecule has 3 aliphatic rings. The van der Waals surface area contributed by atoms with Gasteiger partial charge in [-0.1, -0.05) is 18.2 Å². The number of anilines is 1.